The second-order valence-corrected chi connectivity index (χ2v) is 15.6. The van der Waals surface area contributed by atoms with Crippen molar-refractivity contribution in [3.8, 4) is 0 Å². The van der Waals surface area contributed by atoms with Gasteiger partial charge in [0, 0.05) is 4.43 Å². The first kappa shape index (κ1) is 23.9. The Kier molecular flexibility index (Phi) is 8.55. The molecule has 0 amide bonds. The van der Waals surface area contributed by atoms with Gasteiger partial charge in [-0.1, -0.05) is 62.6 Å². The van der Waals surface area contributed by atoms with Crippen LogP contribution in [-0.2, 0) is 13.7 Å². The van der Waals surface area contributed by atoms with Crippen molar-refractivity contribution < 1.29 is 13.7 Å². The molecule has 0 unspecified atom stereocenters. The van der Waals surface area contributed by atoms with Gasteiger partial charge in [0.05, 0.1) is 17.3 Å². The van der Waals surface area contributed by atoms with Crippen LogP contribution in [0.4, 0.5) is 0 Å². The van der Waals surface area contributed by atoms with Crippen molar-refractivity contribution in [3.63, 3.8) is 0 Å². The average molecular weight is 482 g/mol. The molecule has 1 aliphatic heterocycles. The van der Waals surface area contributed by atoms with E-state index >= 15 is 0 Å². The molecular formula is C19H40BIO3Si. The topological polar surface area (TPSA) is 27.7 Å². The molecule has 0 saturated carbocycles. The average Bonchev–Trinajstić information content (AvgIpc) is 2.63. The summed E-state index contributed by atoms with van der Waals surface area (Å²) in [5, 5.41) is 0.286. The lowest BCUT2D eigenvalue weighted by molar-refractivity contribution is 0.00578. The number of halogens is 1. The molecule has 6 heteroatoms. The zero-order valence-corrected chi connectivity index (χ0v) is 21.2. The molecule has 1 aliphatic rings. The van der Waals surface area contributed by atoms with Gasteiger partial charge in [-0.25, -0.2) is 0 Å². The van der Waals surface area contributed by atoms with Crippen molar-refractivity contribution >= 4 is 38.0 Å². The van der Waals surface area contributed by atoms with Crippen LogP contribution < -0.4 is 0 Å². The van der Waals surface area contributed by atoms with Gasteiger partial charge in [0.15, 0.2) is 8.32 Å². The third-order valence-electron chi connectivity index (χ3n) is 6.21. The first-order valence-electron chi connectivity index (χ1n) is 9.81. The standard InChI is InChI=1S/C19H40BIO3Si/c1-17(2,3)25(8,9)22-16(15-21)13-11-10-12-14-20-23-18(4,5)19(6,7)24-20/h16H,10-15H2,1-9H3/t16-/m1/s1. The highest BCUT2D eigenvalue weighted by Gasteiger charge is 2.50. The minimum atomic E-state index is -1.66. The smallest absolute Gasteiger partial charge is 0.413 e. The van der Waals surface area contributed by atoms with E-state index in [-0.39, 0.29) is 23.4 Å². The summed E-state index contributed by atoms with van der Waals surface area (Å²) in [5.74, 6) is 0. The third kappa shape index (κ3) is 6.77. The molecule has 1 heterocycles. The first-order valence-corrected chi connectivity index (χ1v) is 14.2. The van der Waals surface area contributed by atoms with E-state index in [0.29, 0.717) is 6.10 Å². The highest BCUT2D eigenvalue weighted by atomic mass is 127. The SMILES string of the molecule is CC1(C)OB(CCCCC[C@H](CI)O[Si](C)(C)C(C)(C)C)OC1(C)C. The fraction of sp³-hybridized carbons (Fsp3) is 1.00. The lowest BCUT2D eigenvalue weighted by Crippen LogP contribution is -2.44. The zero-order chi connectivity index (χ0) is 19.5. The maximum Gasteiger partial charge on any atom is 0.457 e. The summed E-state index contributed by atoms with van der Waals surface area (Å²) in [7, 11) is -1.70. The zero-order valence-electron chi connectivity index (χ0n) is 18.0. The van der Waals surface area contributed by atoms with Crippen molar-refractivity contribution in [1.29, 1.82) is 0 Å². The lowest BCUT2D eigenvalue weighted by Gasteiger charge is -2.39. The van der Waals surface area contributed by atoms with E-state index < -0.39 is 8.32 Å². The van der Waals surface area contributed by atoms with Crippen LogP contribution in [0, 0.1) is 0 Å². The summed E-state index contributed by atoms with van der Waals surface area (Å²) in [6.45, 7) is 20.1. The highest BCUT2D eigenvalue weighted by molar-refractivity contribution is 14.1. The van der Waals surface area contributed by atoms with Crippen LogP contribution in [0.5, 0.6) is 0 Å². The second-order valence-electron chi connectivity index (χ2n) is 9.98. The predicted octanol–water partition coefficient (Wildman–Crippen LogP) is 6.46. The molecule has 0 aliphatic carbocycles. The van der Waals surface area contributed by atoms with Crippen LogP contribution in [0.15, 0.2) is 0 Å². The van der Waals surface area contributed by atoms with Gasteiger partial charge in [0.1, 0.15) is 0 Å². The molecule has 25 heavy (non-hydrogen) atoms. The number of rotatable bonds is 9. The lowest BCUT2D eigenvalue weighted by atomic mass is 9.82. The predicted molar refractivity (Wildman–Crippen MR) is 120 cm³/mol. The Morgan fingerprint density at radius 2 is 1.52 bits per heavy atom. The molecule has 0 N–H and O–H groups in total. The molecule has 148 valence electrons. The summed E-state index contributed by atoms with van der Waals surface area (Å²) in [4.78, 5) is 0. The van der Waals surface area contributed by atoms with Crippen LogP contribution >= 0.6 is 22.6 Å². The minimum absolute atomic E-state index is 0.0474. The Labute approximate surface area is 171 Å². The molecule has 0 aromatic rings. The fourth-order valence-corrected chi connectivity index (χ4v) is 5.05. The van der Waals surface area contributed by atoms with Crippen molar-refractivity contribution in [3.05, 3.63) is 0 Å². The summed E-state index contributed by atoms with van der Waals surface area (Å²) in [6.07, 6.45) is 6.16. The minimum Gasteiger partial charge on any atom is -0.413 e. The Morgan fingerprint density at radius 3 is 1.96 bits per heavy atom. The quantitative estimate of drug-likeness (QED) is 0.163. The van der Waals surface area contributed by atoms with E-state index in [1.807, 2.05) is 0 Å². The maximum atomic E-state index is 6.57. The van der Waals surface area contributed by atoms with Gasteiger partial charge in [-0.3, -0.25) is 0 Å². The molecule has 0 radical (unpaired) electrons. The van der Waals surface area contributed by atoms with Gasteiger partial charge in [-0.05, 0) is 58.6 Å². The van der Waals surface area contributed by atoms with Crippen molar-refractivity contribution in [2.75, 3.05) is 4.43 Å². The molecule has 0 bridgehead atoms. The Hall–Kier alpha value is 0.892. The molecule has 0 spiro atoms. The van der Waals surface area contributed by atoms with Crippen LogP contribution in [0.3, 0.4) is 0 Å². The van der Waals surface area contributed by atoms with Gasteiger partial charge in [-0.2, -0.15) is 0 Å². The molecule has 3 nitrogen and oxygen atoms in total. The number of alkyl halides is 1. The number of hydrogen-bond donors (Lipinski definition) is 0. The van der Waals surface area contributed by atoms with E-state index in [1.54, 1.807) is 0 Å². The number of hydrogen-bond acceptors (Lipinski definition) is 3. The van der Waals surface area contributed by atoms with Crippen molar-refractivity contribution in [2.24, 2.45) is 0 Å². The molecule has 1 rings (SSSR count). The summed E-state index contributed by atoms with van der Waals surface area (Å²) >= 11 is 2.47. The van der Waals surface area contributed by atoms with Crippen LogP contribution in [0.1, 0.15) is 74.1 Å². The van der Waals surface area contributed by atoms with E-state index in [2.05, 4.69) is 84.2 Å². The summed E-state index contributed by atoms with van der Waals surface area (Å²) < 4.78 is 19.8. The summed E-state index contributed by atoms with van der Waals surface area (Å²) in [6, 6.07) is 0. The number of unbranched alkanes of at least 4 members (excludes halogenated alkanes) is 2. The molecule has 1 fully saturated rings. The first-order chi connectivity index (χ1) is 11.2. The Bertz CT molecular complexity index is 405. The van der Waals surface area contributed by atoms with Crippen molar-refractivity contribution in [1.82, 2.24) is 0 Å². The Balaban J connectivity index is 2.29. The Morgan fingerprint density at radius 1 is 1.00 bits per heavy atom. The molecule has 1 saturated heterocycles. The van der Waals surface area contributed by atoms with E-state index in [1.165, 1.54) is 19.3 Å². The third-order valence-corrected chi connectivity index (χ3v) is 11.7. The van der Waals surface area contributed by atoms with E-state index in [4.69, 9.17) is 13.7 Å². The summed E-state index contributed by atoms with van der Waals surface area (Å²) in [5.41, 5.74) is -0.415. The normalized spacial score (nSPS) is 21.6. The molecule has 0 aromatic carbocycles. The van der Waals surface area contributed by atoms with Gasteiger partial charge < -0.3 is 13.7 Å². The molecular weight excluding hydrogens is 442 g/mol. The van der Waals surface area contributed by atoms with E-state index in [9.17, 15) is 0 Å². The maximum absolute atomic E-state index is 6.57. The molecule has 0 aromatic heterocycles. The van der Waals surface area contributed by atoms with Gasteiger partial charge >= 0.3 is 7.12 Å². The van der Waals surface area contributed by atoms with E-state index in [0.717, 1.165) is 17.2 Å². The monoisotopic (exact) mass is 482 g/mol. The van der Waals surface area contributed by atoms with Crippen LogP contribution in [0.2, 0.25) is 24.5 Å². The van der Waals surface area contributed by atoms with Gasteiger partial charge in [-0.15, -0.1) is 0 Å². The second kappa shape index (κ2) is 8.93. The van der Waals surface area contributed by atoms with Gasteiger partial charge in [0.25, 0.3) is 0 Å². The largest absolute Gasteiger partial charge is 0.457 e. The fourth-order valence-electron chi connectivity index (χ4n) is 2.70. The molecule has 1 atom stereocenters. The van der Waals surface area contributed by atoms with Crippen LogP contribution in [0.25, 0.3) is 0 Å². The highest BCUT2D eigenvalue weighted by Crippen LogP contribution is 2.39. The van der Waals surface area contributed by atoms with Gasteiger partial charge in [0.2, 0.25) is 0 Å². The van der Waals surface area contributed by atoms with Crippen LogP contribution in [-0.4, -0.2) is 37.2 Å². The van der Waals surface area contributed by atoms with Crippen molar-refractivity contribution in [2.45, 2.75) is 116 Å².